The van der Waals surface area contributed by atoms with Crippen molar-refractivity contribution in [2.75, 3.05) is 11.9 Å². The number of phenols is 1. The molecule has 0 saturated carbocycles. The zero-order chi connectivity index (χ0) is 12.4. The van der Waals surface area contributed by atoms with Crippen molar-refractivity contribution in [1.29, 1.82) is 0 Å². The second-order valence-electron chi connectivity index (χ2n) is 3.48. The van der Waals surface area contributed by atoms with Crippen molar-refractivity contribution in [2.45, 2.75) is 0 Å². The van der Waals surface area contributed by atoms with Gasteiger partial charge >= 0.3 is 0 Å². The Bertz CT molecular complexity index is 536. The number of aromatic hydroxyl groups is 1. The highest BCUT2D eigenvalue weighted by Gasteiger charge is 2.17. The van der Waals surface area contributed by atoms with Crippen LogP contribution in [0.2, 0.25) is 5.02 Å². The summed E-state index contributed by atoms with van der Waals surface area (Å²) in [6.07, 6.45) is 0. The molecule has 1 aromatic carbocycles. The van der Waals surface area contributed by atoms with E-state index in [0.29, 0.717) is 15.6 Å². The van der Waals surface area contributed by atoms with Crippen LogP contribution in [-0.2, 0) is 0 Å². The number of halogens is 1. The van der Waals surface area contributed by atoms with Crippen LogP contribution in [0, 0.1) is 0 Å². The predicted molar refractivity (Wildman–Crippen MR) is 70.2 cm³/mol. The maximum atomic E-state index is 12.1. The quantitative estimate of drug-likeness (QED) is 0.906. The molecule has 0 aliphatic rings. The van der Waals surface area contributed by atoms with Crippen LogP contribution in [0.3, 0.4) is 0 Å². The van der Waals surface area contributed by atoms with E-state index in [0.717, 1.165) is 0 Å². The molecule has 5 heteroatoms. The van der Waals surface area contributed by atoms with Crippen LogP contribution < -0.4 is 4.90 Å². The van der Waals surface area contributed by atoms with E-state index in [1.807, 2.05) is 0 Å². The highest BCUT2D eigenvalue weighted by Crippen LogP contribution is 2.26. The van der Waals surface area contributed by atoms with Crippen molar-refractivity contribution < 1.29 is 9.90 Å². The van der Waals surface area contributed by atoms with Gasteiger partial charge in [0, 0.05) is 12.7 Å². The lowest BCUT2D eigenvalue weighted by Gasteiger charge is -2.16. The summed E-state index contributed by atoms with van der Waals surface area (Å²) < 4.78 is 0. The lowest BCUT2D eigenvalue weighted by Crippen LogP contribution is -2.25. The van der Waals surface area contributed by atoms with Gasteiger partial charge in [0.1, 0.15) is 10.6 Å². The Morgan fingerprint density at radius 2 is 1.94 bits per heavy atom. The Kier molecular flexibility index (Phi) is 3.36. The third-order valence-corrected chi connectivity index (χ3v) is 3.68. The SMILES string of the molecule is CN(C(=O)c1sccc1Cl)c1ccc(O)cc1. The summed E-state index contributed by atoms with van der Waals surface area (Å²) in [4.78, 5) is 14.1. The zero-order valence-electron chi connectivity index (χ0n) is 9.05. The molecule has 1 aromatic heterocycles. The van der Waals surface area contributed by atoms with Crippen LogP contribution in [0.15, 0.2) is 35.7 Å². The fraction of sp³-hybridized carbons (Fsp3) is 0.0833. The molecule has 2 aromatic rings. The third-order valence-electron chi connectivity index (χ3n) is 2.35. The van der Waals surface area contributed by atoms with Gasteiger partial charge in [-0.05, 0) is 35.7 Å². The largest absolute Gasteiger partial charge is 0.508 e. The molecular weight excluding hydrogens is 258 g/mol. The van der Waals surface area contributed by atoms with E-state index in [4.69, 9.17) is 11.6 Å². The van der Waals surface area contributed by atoms with Gasteiger partial charge in [0.15, 0.2) is 0 Å². The smallest absolute Gasteiger partial charge is 0.269 e. The Labute approximate surface area is 108 Å². The summed E-state index contributed by atoms with van der Waals surface area (Å²) in [5.74, 6) is 0.0134. The lowest BCUT2D eigenvalue weighted by molar-refractivity contribution is 0.0997. The van der Waals surface area contributed by atoms with Gasteiger partial charge in [-0.15, -0.1) is 11.3 Å². The van der Waals surface area contributed by atoms with Crippen LogP contribution in [-0.4, -0.2) is 18.1 Å². The first-order chi connectivity index (χ1) is 8.09. The van der Waals surface area contributed by atoms with Gasteiger partial charge in [0.05, 0.1) is 5.02 Å². The van der Waals surface area contributed by atoms with Crippen LogP contribution >= 0.6 is 22.9 Å². The second kappa shape index (κ2) is 4.77. The molecule has 0 bridgehead atoms. The highest BCUT2D eigenvalue weighted by atomic mass is 35.5. The molecule has 1 N–H and O–H groups in total. The highest BCUT2D eigenvalue weighted by molar-refractivity contribution is 7.12. The van der Waals surface area contributed by atoms with Gasteiger partial charge in [-0.1, -0.05) is 11.6 Å². The minimum absolute atomic E-state index is 0.157. The van der Waals surface area contributed by atoms with Gasteiger partial charge < -0.3 is 10.0 Å². The second-order valence-corrected chi connectivity index (χ2v) is 4.80. The Morgan fingerprint density at radius 3 is 2.47 bits per heavy atom. The molecule has 3 nitrogen and oxygen atoms in total. The Balaban J connectivity index is 2.26. The number of thiophene rings is 1. The third kappa shape index (κ3) is 2.43. The van der Waals surface area contributed by atoms with Gasteiger partial charge in [0.25, 0.3) is 5.91 Å². The number of rotatable bonds is 2. The number of hydrogen-bond donors (Lipinski definition) is 1. The molecule has 0 aliphatic carbocycles. The van der Waals surface area contributed by atoms with Crippen molar-refractivity contribution in [1.82, 2.24) is 0 Å². The molecule has 0 atom stereocenters. The molecule has 0 saturated heterocycles. The maximum Gasteiger partial charge on any atom is 0.269 e. The first-order valence-corrected chi connectivity index (χ1v) is 6.15. The monoisotopic (exact) mass is 267 g/mol. The predicted octanol–water partition coefficient (Wildman–Crippen LogP) is 3.38. The number of nitrogens with zero attached hydrogens (tertiary/aromatic N) is 1. The minimum Gasteiger partial charge on any atom is -0.508 e. The van der Waals surface area contributed by atoms with Crippen LogP contribution in [0.1, 0.15) is 9.67 Å². The van der Waals surface area contributed by atoms with E-state index >= 15 is 0 Å². The molecule has 88 valence electrons. The molecule has 1 amide bonds. The van der Waals surface area contributed by atoms with E-state index < -0.39 is 0 Å². The first-order valence-electron chi connectivity index (χ1n) is 4.89. The van der Waals surface area contributed by atoms with Crippen LogP contribution in [0.25, 0.3) is 0 Å². The Morgan fingerprint density at radius 1 is 1.29 bits per heavy atom. The van der Waals surface area contributed by atoms with Crippen LogP contribution in [0.4, 0.5) is 5.69 Å². The van der Waals surface area contributed by atoms with Crippen molar-refractivity contribution in [3.8, 4) is 5.75 Å². The molecular formula is C12H10ClNO2S. The fourth-order valence-electron chi connectivity index (χ4n) is 1.39. The number of carbonyl (C=O) groups excluding carboxylic acids is 1. The average molecular weight is 268 g/mol. The van der Waals surface area contributed by atoms with Gasteiger partial charge in [-0.3, -0.25) is 4.79 Å². The van der Waals surface area contributed by atoms with Crippen LogP contribution in [0.5, 0.6) is 5.75 Å². The topological polar surface area (TPSA) is 40.5 Å². The molecule has 0 radical (unpaired) electrons. The summed E-state index contributed by atoms with van der Waals surface area (Å²) in [7, 11) is 1.67. The minimum atomic E-state index is -0.157. The molecule has 1 heterocycles. The van der Waals surface area contributed by atoms with Crippen molar-refractivity contribution in [2.24, 2.45) is 0 Å². The Hall–Kier alpha value is -1.52. The first kappa shape index (κ1) is 12.0. The van der Waals surface area contributed by atoms with Gasteiger partial charge in [-0.2, -0.15) is 0 Å². The van der Waals surface area contributed by atoms with E-state index in [-0.39, 0.29) is 11.7 Å². The molecule has 2 rings (SSSR count). The molecule has 0 aliphatic heterocycles. The van der Waals surface area contributed by atoms with E-state index in [1.54, 1.807) is 30.6 Å². The maximum absolute atomic E-state index is 12.1. The van der Waals surface area contributed by atoms with Gasteiger partial charge in [0.2, 0.25) is 0 Å². The summed E-state index contributed by atoms with van der Waals surface area (Å²) in [6, 6.07) is 8.12. The molecule has 17 heavy (non-hydrogen) atoms. The van der Waals surface area contributed by atoms with E-state index in [2.05, 4.69) is 0 Å². The molecule has 0 fully saturated rings. The summed E-state index contributed by atoms with van der Waals surface area (Å²) >= 11 is 7.23. The fourth-order valence-corrected chi connectivity index (χ4v) is 2.50. The summed E-state index contributed by atoms with van der Waals surface area (Å²) in [5, 5.41) is 11.4. The number of hydrogen-bond acceptors (Lipinski definition) is 3. The summed E-state index contributed by atoms with van der Waals surface area (Å²) in [5.41, 5.74) is 0.706. The van der Waals surface area contributed by atoms with Gasteiger partial charge in [-0.25, -0.2) is 0 Å². The number of phenolic OH excluding ortho intramolecular Hbond substituents is 1. The number of carbonyl (C=O) groups is 1. The molecule has 0 unspecified atom stereocenters. The summed E-state index contributed by atoms with van der Waals surface area (Å²) in [6.45, 7) is 0. The molecule has 0 spiro atoms. The average Bonchev–Trinajstić information content (AvgIpc) is 2.74. The standard InChI is InChI=1S/C12H10ClNO2S/c1-14(8-2-4-9(15)5-3-8)12(16)11-10(13)6-7-17-11/h2-7,15H,1H3. The normalized spacial score (nSPS) is 10.2. The van der Waals surface area contributed by atoms with Crippen molar-refractivity contribution in [3.05, 3.63) is 45.6 Å². The number of amides is 1. The van der Waals surface area contributed by atoms with Crippen molar-refractivity contribution in [3.63, 3.8) is 0 Å². The lowest BCUT2D eigenvalue weighted by atomic mass is 10.2. The zero-order valence-corrected chi connectivity index (χ0v) is 10.6. The number of anilines is 1. The van der Waals surface area contributed by atoms with E-state index in [9.17, 15) is 9.90 Å². The van der Waals surface area contributed by atoms with Crippen molar-refractivity contribution >= 4 is 34.5 Å². The number of benzene rings is 1. The van der Waals surface area contributed by atoms with E-state index in [1.165, 1.54) is 28.4 Å².